The van der Waals surface area contributed by atoms with Gasteiger partial charge in [0.2, 0.25) is 0 Å². The first-order valence-electron chi connectivity index (χ1n) is 6.06. The Kier molecular flexibility index (Phi) is 5.28. The van der Waals surface area contributed by atoms with E-state index >= 15 is 0 Å². The molecule has 0 aliphatic carbocycles. The first kappa shape index (κ1) is 15.0. The van der Waals surface area contributed by atoms with Gasteiger partial charge in [-0.05, 0) is 5.53 Å². The van der Waals surface area contributed by atoms with Crippen LogP contribution in [0, 0.1) is 0 Å². The van der Waals surface area contributed by atoms with Crippen molar-refractivity contribution in [1.29, 1.82) is 0 Å². The molecule has 1 saturated heterocycles. The fourth-order valence-electron chi connectivity index (χ4n) is 1.95. The van der Waals surface area contributed by atoms with Gasteiger partial charge in [0.1, 0.15) is 6.10 Å². The predicted molar refractivity (Wildman–Crippen MR) is 69.3 cm³/mol. The van der Waals surface area contributed by atoms with E-state index in [1.807, 2.05) is 6.07 Å². The number of benzene rings is 1. The van der Waals surface area contributed by atoms with Crippen LogP contribution in [0.3, 0.4) is 0 Å². The van der Waals surface area contributed by atoms with Gasteiger partial charge >= 0.3 is 0 Å². The Morgan fingerprint density at radius 3 is 2.86 bits per heavy atom. The van der Waals surface area contributed by atoms with E-state index in [0.717, 1.165) is 0 Å². The smallest absolute Gasteiger partial charge is 0.293 e. The third-order valence-electron chi connectivity index (χ3n) is 2.89. The van der Waals surface area contributed by atoms with Gasteiger partial charge in [-0.1, -0.05) is 35.4 Å². The summed E-state index contributed by atoms with van der Waals surface area (Å²) in [5.41, 5.74) is 8.85. The van der Waals surface area contributed by atoms with Gasteiger partial charge in [-0.3, -0.25) is 4.79 Å². The largest absolute Gasteiger partial charge is 0.459 e. The zero-order chi connectivity index (χ0) is 15.1. The second kappa shape index (κ2) is 7.39. The number of rotatable bonds is 5. The Hall–Kier alpha value is -2.41. The SMILES string of the molecule is [N-]=[N+]=N/C(=C\F)[C@@H]1O[C@H](c2ccccc2)OC[C@H]1OC=O. The monoisotopic (exact) mass is 293 g/mol. The molecule has 21 heavy (non-hydrogen) atoms. The van der Waals surface area contributed by atoms with Gasteiger partial charge in [-0.2, -0.15) is 0 Å². The Balaban J connectivity index is 2.23. The number of nitrogens with zero attached hydrogens (tertiary/aromatic N) is 3. The van der Waals surface area contributed by atoms with Gasteiger partial charge in [-0.15, -0.1) is 0 Å². The number of carbonyl (C=O) groups is 1. The highest BCUT2D eigenvalue weighted by Gasteiger charge is 2.36. The number of hydrogen-bond donors (Lipinski definition) is 0. The molecule has 0 N–H and O–H groups in total. The minimum absolute atomic E-state index is 0.0126. The highest BCUT2D eigenvalue weighted by Crippen LogP contribution is 2.31. The molecule has 0 amide bonds. The molecule has 1 aromatic rings. The maximum atomic E-state index is 12.9. The fourth-order valence-corrected chi connectivity index (χ4v) is 1.95. The van der Waals surface area contributed by atoms with Gasteiger partial charge < -0.3 is 14.2 Å². The van der Waals surface area contributed by atoms with Gasteiger partial charge in [0.15, 0.2) is 12.4 Å². The molecule has 0 bridgehead atoms. The molecular weight excluding hydrogens is 281 g/mol. The van der Waals surface area contributed by atoms with Gasteiger partial charge in [0.05, 0.1) is 18.6 Å². The van der Waals surface area contributed by atoms with E-state index in [1.54, 1.807) is 24.3 Å². The van der Waals surface area contributed by atoms with Crippen LogP contribution in [0.2, 0.25) is 0 Å². The maximum absolute atomic E-state index is 12.9. The standard InChI is InChI=1S/C13H12FN3O4/c14-6-10(16-17-15)12-11(20-8-18)7-19-13(21-12)9-4-2-1-3-5-9/h1-6,8,11-13H,7H2/b10-6-/t11-,12+,13-/m1/s1. The zero-order valence-corrected chi connectivity index (χ0v) is 10.8. The average Bonchev–Trinajstić information content (AvgIpc) is 2.54. The molecular formula is C13H12FN3O4. The van der Waals surface area contributed by atoms with Crippen LogP contribution in [0.5, 0.6) is 0 Å². The lowest BCUT2D eigenvalue weighted by Crippen LogP contribution is -2.42. The van der Waals surface area contributed by atoms with Crippen LogP contribution in [0.15, 0.2) is 47.5 Å². The third-order valence-corrected chi connectivity index (χ3v) is 2.89. The summed E-state index contributed by atoms with van der Waals surface area (Å²) in [4.78, 5) is 13.0. The molecule has 110 valence electrons. The molecule has 0 aromatic heterocycles. The van der Waals surface area contributed by atoms with Crippen LogP contribution in [-0.2, 0) is 19.0 Å². The topological polar surface area (TPSA) is 93.5 Å². The molecule has 3 atom stereocenters. The van der Waals surface area contributed by atoms with Crippen LogP contribution in [0.25, 0.3) is 10.4 Å². The van der Waals surface area contributed by atoms with Crippen LogP contribution in [-0.4, -0.2) is 25.3 Å². The summed E-state index contributed by atoms with van der Waals surface area (Å²) in [6.07, 6.45) is -2.59. The second-order valence-corrected chi connectivity index (χ2v) is 4.13. The van der Waals surface area contributed by atoms with Crippen molar-refractivity contribution >= 4 is 6.47 Å². The quantitative estimate of drug-likeness (QED) is 0.361. The Morgan fingerprint density at radius 2 is 2.24 bits per heavy atom. The first-order chi connectivity index (χ1) is 10.3. The van der Waals surface area contributed by atoms with Crippen molar-refractivity contribution in [3.63, 3.8) is 0 Å². The Bertz CT molecular complexity index is 560. The Morgan fingerprint density at radius 1 is 1.48 bits per heavy atom. The summed E-state index contributed by atoms with van der Waals surface area (Å²) < 4.78 is 28.7. The van der Waals surface area contributed by atoms with Crippen LogP contribution in [0.4, 0.5) is 4.39 Å². The van der Waals surface area contributed by atoms with Crippen molar-refractivity contribution in [2.75, 3.05) is 6.61 Å². The number of carbonyl (C=O) groups excluding carboxylic acids is 1. The van der Waals surface area contributed by atoms with E-state index in [1.165, 1.54) is 0 Å². The number of azide groups is 1. The molecule has 1 fully saturated rings. The van der Waals surface area contributed by atoms with Gasteiger partial charge in [-0.25, -0.2) is 4.39 Å². The van der Waals surface area contributed by atoms with Crippen molar-refractivity contribution in [3.05, 3.63) is 58.4 Å². The second-order valence-electron chi connectivity index (χ2n) is 4.13. The molecule has 0 radical (unpaired) electrons. The normalized spacial score (nSPS) is 25.8. The zero-order valence-electron chi connectivity index (χ0n) is 10.8. The summed E-state index contributed by atoms with van der Waals surface area (Å²) in [5, 5.41) is 3.22. The lowest BCUT2D eigenvalue weighted by atomic mass is 10.1. The van der Waals surface area contributed by atoms with E-state index in [-0.39, 0.29) is 25.1 Å². The third kappa shape index (κ3) is 3.57. The molecule has 1 heterocycles. The van der Waals surface area contributed by atoms with Crippen molar-refractivity contribution in [2.45, 2.75) is 18.5 Å². The van der Waals surface area contributed by atoms with Gasteiger partial charge in [0, 0.05) is 10.5 Å². The van der Waals surface area contributed by atoms with Crippen LogP contribution >= 0.6 is 0 Å². The highest BCUT2D eigenvalue weighted by molar-refractivity contribution is 5.38. The van der Waals surface area contributed by atoms with Crippen molar-refractivity contribution in [1.82, 2.24) is 0 Å². The minimum atomic E-state index is -1.05. The molecule has 1 aliphatic rings. The molecule has 0 spiro atoms. The number of halogens is 1. The molecule has 2 rings (SSSR count). The summed E-state index contributed by atoms with van der Waals surface area (Å²) >= 11 is 0. The maximum Gasteiger partial charge on any atom is 0.293 e. The average molecular weight is 293 g/mol. The van der Waals surface area contributed by atoms with Gasteiger partial charge in [0.25, 0.3) is 6.47 Å². The lowest BCUT2D eigenvalue weighted by molar-refractivity contribution is -0.250. The number of hydrogen-bond acceptors (Lipinski definition) is 5. The van der Waals surface area contributed by atoms with E-state index in [0.29, 0.717) is 5.56 Å². The minimum Gasteiger partial charge on any atom is -0.459 e. The molecule has 8 heteroatoms. The molecule has 0 unspecified atom stereocenters. The van der Waals surface area contributed by atoms with E-state index in [2.05, 4.69) is 10.0 Å². The van der Waals surface area contributed by atoms with E-state index in [9.17, 15) is 9.18 Å². The first-order valence-corrected chi connectivity index (χ1v) is 6.06. The van der Waals surface area contributed by atoms with Crippen LogP contribution in [0.1, 0.15) is 11.9 Å². The predicted octanol–water partition coefficient (Wildman–Crippen LogP) is 2.76. The summed E-state index contributed by atoms with van der Waals surface area (Å²) in [5.74, 6) is 0. The molecule has 7 nitrogen and oxygen atoms in total. The highest BCUT2D eigenvalue weighted by atomic mass is 19.1. The van der Waals surface area contributed by atoms with Crippen molar-refractivity contribution in [3.8, 4) is 0 Å². The van der Waals surface area contributed by atoms with Crippen molar-refractivity contribution in [2.24, 2.45) is 5.11 Å². The number of ether oxygens (including phenoxy) is 3. The summed E-state index contributed by atoms with van der Waals surface area (Å²) in [6, 6.07) is 8.97. The molecule has 1 aliphatic heterocycles. The lowest BCUT2D eigenvalue weighted by Gasteiger charge is -2.35. The van der Waals surface area contributed by atoms with Crippen molar-refractivity contribution < 1.29 is 23.4 Å². The molecule has 0 saturated carbocycles. The van der Waals surface area contributed by atoms with E-state index in [4.69, 9.17) is 19.7 Å². The van der Waals surface area contributed by atoms with Crippen LogP contribution < -0.4 is 0 Å². The fraction of sp³-hybridized carbons (Fsp3) is 0.308. The Labute approximate surface area is 119 Å². The van der Waals surface area contributed by atoms with E-state index < -0.39 is 18.5 Å². The molecule has 1 aromatic carbocycles. The summed E-state index contributed by atoms with van der Waals surface area (Å²) in [6.45, 7) is 0.195. The summed E-state index contributed by atoms with van der Waals surface area (Å²) in [7, 11) is 0.